The molecule has 2 aromatic heterocycles. The van der Waals surface area contributed by atoms with Crippen LogP contribution >= 0.6 is 24.0 Å². The summed E-state index contributed by atoms with van der Waals surface area (Å²) in [5.41, 5.74) is 1.22. The van der Waals surface area contributed by atoms with Crippen LogP contribution in [0.15, 0.2) is 82.8 Å². The van der Waals surface area contributed by atoms with Gasteiger partial charge in [0, 0.05) is 35.6 Å². The van der Waals surface area contributed by atoms with Gasteiger partial charge in [0.1, 0.15) is 0 Å². The summed E-state index contributed by atoms with van der Waals surface area (Å²) >= 11 is 6.00. The van der Waals surface area contributed by atoms with Gasteiger partial charge in [-0.3, -0.25) is 9.59 Å². The summed E-state index contributed by atoms with van der Waals surface area (Å²) in [7, 11) is 0. The van der Waals surface area contributed by atoms with Gasteiger partial charge in [-0.1, -0.05) is 54.1 Å². The highest BCUT2D eigenvalue weighted by Gasteiger charge is 2.15. The van der Waals surface area contributed by atoms with Gasteiger partial charge in [-0.2, -0.15) is 0 Å². The first-order chi connectivity index (χ1) is 13.5. The van der Waals surface area contributed by atoms with E-state index in [0.29, 0.717) is 17.0 Å². The third-order valence-electron chi connectivity index (χ3n) is 4.63. The predicted octanol–water partition coefficient (Wildman–Crippen LogP) is 3.88. The summed E-state index contributed by atoms with van der Waals surface area (Å²) in [6.45, 7) is 0.287. The second kappa shape index (κ2) is 8.55. The van der Waals surface area contributed by atoms with E-state index < -0.39 is 16.7 Å². The maximum Gasteiger partial charge on any atom is 0.279 e. The van der Waals surface area contributed by atoms with Gasteiger partial charge < -0.3 is 14.1 Å². The minimum atomic E-state index is -0.529. The van der Waals surface area contributed by atoms with E-state index in [1.807, 2.05) is 42.5 Å². The molecule has 0 unspecified atom stereocenters. The first-order valence-electron chi connectivity index (χ1n) is 8.77. The van der Waals surface area contributed by atoms with E-state index in [1.165, 1.54) is 8.97 Å². The number of halogens is 2. The Morgan fingerprint density at radius 3 is 2.38 bits per heavy atom. The normalized spacial score (nSPS) is 10.7. The lowest BCUT2D eigenvalue weighted by Crippen LogP contribution is -2.25. The molecule has 0 aliphatic carbocycles. The average molecular weight is 429 g/mol. The van der Waals surface area contributed by atoms with Crippen molar-refractivity contribution in [1.82, 2.24) is 8.97 Å². The topological polar surface area (TPSA) is 63.7 Å². The number of rotatable bonds is 4. The Hall–Kier alpha value is -3.02. The molecule has 2 heterocycles. The van der Waals surface area contributed by atoms with Gasteiger partial charge in [0.05, 0.1) is 6.54 Å². The van der Waals surface area contributed by atoms with Crippen LogP contribution in [0.3, 0.4) is 0 Å². The molecule has 7 heteroatoms. The van der Waals surface area contributed by atoms with Crippen LogP contribution in [-0.4, -0.2) is 14.1 Å². The monoisotopic (exact) mass is 428 g/mol. The summed E-state index contributed by atoms with van der Waals surface area (Å²) in [6, 6.07) is 16.7. The van der Waals surface area contributed by atoms with Crippen LogP contribution in [0.25, 0.3) is 5.52 Å². The minimum Gasteiger partial charge on any atom is -0.503 e. The fraction of sp³-hybridized carbons (Fsp3) is 0.0909. The van der Waals surface area contributed by atoms with E-state index in [4.69, 9.17) is 11.6 Å². The fourth-order valence-corrected chi connectivity index (χ4v) is 3.47. The lowest BCUT2D eigenvalue weighted by molar-refractivity contribution is 0.471. The van der Waals surface area contributed by atoms with Gasteiger partial charge in [-0.25, -0.2) is 0 Å². The van der Waals surface area contributed by atoms with Crippen molar-refractivity contribution < 1.29 is 5.11 Å². The van der Waals surface area contributed by atoms with Crippen molar-refractivity contribution in [3.63, 3.8) is 0 Å². The number of hydrogen-bond acceptors (Lipinski definition) is 3. The summed E-state index contributed by atoms with van der Waals surface area (Å²) in [5, 5.41) is 11.0. The molecule has 4 rings (SSSR count). The Labute approximate surface area is 177 Å². The van der Waals surface area contributed by atoms with Crippen molar-refractivity contribution in [2.24, 2.45) is 0 Å². The van der Waals surface area contributed by atoms with E-state index in [2.05, 4.69) is 0 Å². The van der Waals surface area contributed by atoms with Gasteiger partial charge in [0.15, 0.2) is 11.3 Å². The van der Waals surface area contributed by atoms with E-state index >= 15 is 0 Å². The Kier molecular flexibility index (Phi) is 6.11. The number of hydrogen-bond donors (Lipinski definition) is 1. The molecule has 0 saturated carbocycles. The van der Waals surface area contributed by atoms with E-state index in [1.54, 1.807) is 30.7 Å². The molecule has 148 valence electrons. The molecule has 0 aliphatic heterocycles. The number of aromatic nitrogens is 2. The van der Waals surface area contributed by atoms with Crippen LogP contribution in [0.4, 0.5) is 0 Å². The van der Waals surface area contributed by atoms with Crippen molar-refractivity contribution in [2.75, 3.05) is 0 Å². The minimum absolute atomic E-state index is 0. The first-order valence-corrected chi connectivity index (χ1v) is 9.15. The van der Waals surface area contributed by atoms with Gasteiger partial charge >= 0.3 is 0 Å². The lowest BCUT2D eigenvalue weighted by atomic mass is 10.1. The van der Waals surface area contributed by atoms with Crippen molar-refractivity contribution >= 4 is 29.5 Å². The smallest absolute Gasteiger partial charge is 0.279 e. The number of benzene rings is 2. The summed E-state index contributed by atoms with van der Waals surface area (Å²) in [4.78, 5) is 25.5. The molecule has 0 bridgehead atoms. The maximum absolute atomic E-state index is 12.9. The second-order valence-corrected chi connectivity index (χ2v) is 7.05. The molecule has 4 aromatic rings. The van der Waals surface area contributed by atoms with E-state index in [-0.39, 0.29) is 24.5 Å². The van der Waals surface area contributed by atoms with Crippen LogP contribution in [0.1, 0.15) is 16.7 Å². The zero-order chi connectivity index (χ0) is 19.7. The quantitative estimate of drug-likeness (QED) is 0.536. The Balaban J connectivity index is 0.00000240. The molecule has 0 fully saturated rings. The van der Waals surface area contributed by atoms with E-state index in [9.17, 15) is 14.7 Å². The van der Waals surface area contributed by atoms with Crippen molar-refractivity contribution in [2.45, 2.75) is 13.0 Å². The van der Waals surface area contributed by atoms with Gasteiger partial charge in [-0.15, -0.1) is 12.4 Å². The average Bonchev–Trinajstić information content (AvgIpc) is 2.69. The number of aromatic hydroxyl groups is 1. The Morgan fingerprint density at radius 2 is 1.66 bits per heavy atom. The Morgan fingerprint density at radius 1 is 0.931 bits per heavy atom. The van der Waals surface area contributed by atoms with Crippen molar-refractivity contribution in [1.29, 1.82) is 0 Å². The highest BCUT2D eigenvalue weighted by molar-refractivity contribution is 6.30. The molecular weight excluding hydrogens is 411 g/mol. The van der Waals surface area contributed by atoms with Crippen molar-refractivity contribution in [3.05, 3.63) is 115 Å². The predicted molar refractivity (Wildman–Crippen MR) is 117 cm³/mol. The SMILES string of the molecule is Cl.O=c1c(Cc2ccccc2)cn2ccn(Cc3cccc(Cl)c3)c(=O)c2c1O. The number of fused-ring (bicyclic) bond motifs is 1. The van der Waals surface area contributed by atoms with E-state index in [0.717, 1.165) is 11.1 Å². The number of pyridine rings is 1. The summed E-state index contributed by atoms with van der Waals surface area (Å²) in [5.74, 6) is -0.529. The highest BCUT2D eigenvalue weighted by Crippen LogP contribution is 2.15. The first kappa shape index (κ1) is 20.7. The van der Waals surface area contributed by atoms with Crippen LogP contribution in [-0.2, 0) is 13.0 Å². The third-order valence-corrected chi connectivity index (χ3v) is 4.87. The standard InChI is InChI=1S/C22H17ClN2O3.ClH/c23-18-8-4-7-16(12-18)13-25-10-9-24-14-17(11-15-5-2-1-3-6-15)20(26)21(27)19(24)22(25)28;/h1-10,12,14,27H,11,13H2;1H. The Bertz CT molecular complexity index is 1280. The maximum atomic E-state index is 12.9. The van der Waals surface area contributed by atoms with Gasteiger partial charge in [-0.05, 0) is 23.3 Å². The molecule has 0 atom stereocenters. The molecule has 0 amide bonds. The third kappa shape index (κ3) is 4.21. The molecule has 5 nitrogen and oxygen atoms in total. The fourth-order valence-electron chi connectivity index (χ4n) is 3.26. The molecule has 0 radical (unpaired) electrons. The molecule has 0 spiro atoms. The van der Waals surface area contributed by atoms with Gasteiger partial charge in [0.25, 0.3) is 5.56 Å². The molecule has 0 aliphatic rings. The zero-order valence-corrected chi connectivity index (χ0v) is 16.9. The molecule has 2 aromatic carbocycles. The molecular formula is C22H18Cl2N2O3. The highest BCUT2D eigenvalue weighted by atomic mass is 35.5. The zero-order valence-electron chi connectivity index (χ0n) is 15.3. The molecule has 1 N–H and O–H groups in total. The van der Waals surface area contributed by atoms with Crippen LogP contribution in [0, 0.1) is 0 Å². The van der Waals surface area contributed by atoms with Crippen LogP contribution in [0.2, 0.25) is 5.02 Å². The molecule has 0 saturated heterocycles. The van der Waals surface area contributed by atoms with Crippen LogP contribution in [0.5, 0.6) is 5.75 Å². The largest absolute Gasteiger partial charge is 0.503 e. The van der Waals surface area contributed by atoms with Crippen LogP contribution < -0.4 is 11.0 Å². The number of nitrogens with zero attached hydrogens (tertiary/aromatic N) is 2. The second-order valence-electron chi connectivity index (χ2n) is 6.61. The summed E-state index contributed by atoms with van der Waals surface area (Å²) in [6.07, 6.45) is 5.28. The van der Waals surface area contributed by atoms with Gasteiger partial charge in [0.2, 0.25) is 5.43 Å². The lowest BCUT2D eigenvalue weighted by Gasteiger charge is -2.11. The van der Waals surface area contributed by atoms with Crippen molar-refractivity contribution in [3.8, 4) is 5.75 Å². The molecule has 29 heavy (non-hydrogen) atoms. The summed E-state index contributed by atoms with van der Waals surface area (Å²) < 4.78 is 2.95.